The van der Waals surface area contributed by atoms with Gasteiger partial charge in [-0.15, -0.1) is 0 Å². The molecule has 104 valence electrons. The minimum atomic E-state index is -0.481. The second-order valence-corrected chi connectivity index (χ2v) is 4.32. The van der Waals surface area contributed by atoms with Crippen molar-refractivity contribution >= 4 is 11.9 Å². The SMILES string of the molecule is CCCOC(=O)c1ccc(C)cc1C(=O)OCCC. The van der Waals surface area contributed by atoms with E-state index in [1.54, 1.807) is 18.2 Å². The van der Waals surface area contributed by atoms with E-state index in [-0.39, 0.29) is 11.1 Å². The van der Waals surface area contributed by atoms with Crippen molar-refractivity contribution in [1.82, 2.24) is 0 Å². The first-order valence-corrected chi connectivity index (χ1v) is 6.55. The van der Waals surface area contributed by atoms with Crippen LogP contribution in [0.4, 0.5) is 0 Å². The van der Waals surface area contributed by atoms with Crippen molar-refractivity contribution < 1.29 is 19.1 Å². The highest BCUT2D eigenvalue weighted by Crippen LogP contribution is 2.15. The highest BCUT2D eigenvalue weighted by atomic mass is 16.5. The van der Waals surface area contributed by atoms with E-state index >= 15 is 0 Å². The van der Waals surface area contributed by atoms with Crippen LogP contribution in [0.2, 0.25) is 0 Å². The summed E-state index contributed by atoms with van der Waals surface area (Å²) in [6.45, 7) is 6.38. The zero-order chi connectivity index (χ0) is 14.3. The lowest BCUT2D eigenvalue weighted by Crippen LogP contribution is -2.15. The van der Waals surface area contributed by atoms with Gasteiger partial charge in [0.1, 0.15) is 0 Å². The Morgan fingerprint density at radius 3 is 2.00 bits per heavy atom. The zero-order valence-corrected chi connectivity index (χ0v) is 11.7. The lowest BCUT2D eigenvalue weighted by Gasteiger charge is -2.10. The summed E-state index contributed by atoms with van der Waals surface area (Å²) in [5, 5.41) is 0. The molecule has 0 unspecified atom stereocenters. The molecule has 0 radical (unpaired) electrons. The van der Waals surface area contributed by atoms with E-state index in [0.717, 1.165) is 18.4 Å². The largest absolute Gasteiger partial charge is 0.462 e. The predicted molar refractivity (Wildman–Crippen MR) is 72.3 cm³/mol. The molecular weight excluding hydrogens is 244 g/mol. The minimum absolute atomic E-state index is 0.264. The third kappa shape index (κ3) is 4.39. The Bertz CT molecular complexity index is 451. The summed E-state index contributed by atoms with van der Waals surface area (Å²) in [4.78, 5) is 23.8. The maximum absolute atomic E-state index is 11.9. The molecule has 4 nitrogen and oxygen atoms in total. The summed E-state index contributed by atoms with van der Waals surface area (Å²) >= 11 is 0. The van der Waals surface area contributed by atoms with Crippen LogP contribution in [0.5, 0.6) is 0 Å². The molecule has 4 heteroatoms. The molecule has 0 spiro atoms. The van der Waals surface area contributed by atoms with Crippen LogP contribution in [0, 0.1) is 6.92 Å². The van der Waals surface area contributed by atoms with Crippen molar-refractivity contribution in [2.45, 2.75) is 33.6 Å². The summed E-state index contributed by atoms with van der Waals surface area (Å²) in [6, 6.07) is 5.04. The summed E-state index contributed by atoms with van der Waals surface area (Å²) in [7, 11) is 0. The second-order valence-electron chi connectivity index (χ2n) is 4.32. The molecular formula is C15H20O4. The van der Waals surface area contributed by atoms with Gasteiger partial charge in [-0.05, 0) is 31.9 Å². The molecule has 0 saturated carbocycles. The van der Waals surface area contributed by atoms with E-state index in [4.69, 9.17) is 9.47 Å². The molecule has 0 bridgehead atoms. The number of benzene rings is 1. The fraction of sp³-hybridized carbons (Fsp3) is 0.467. The molecule has 0 amide bonds. The van der Waals surface area contributed by atoms with Crippen LogP contribution >= 0.6 is 0 Å². The van der Waals surface area contributed by atoms with Crippen molar-refractivity contribution in [2.75, 3.05) is 13.2 Å². The Morgan fingerprint density at radius 1 is 0.947 bits per heavy atom. The standard InChI is InChI=1S/C15H20O4/c1-4-8-18-14(16)12-7-6-11(3)10-13(12)15(17)19-9-5-2/h6-7,10H,4-5,8-9H2,1-3H3. The molecule has 0 fully saturated rings. The average molecular weight is 264 g/mol. The number of carbonyl (C=O) groups excluding carboxylic acids is 2. The van der Waals surface area contributed by atoms with Gasteiger partial charge in [-0.3, -0.25) is 0 Å². The van der Waals surface area contributed by atoms with Crippen molar-refractivity contribution in [3.05, 3.63) is 34.9 Å². The van der Waals surface area contributed by atoms with Crippen molar-refractivity contribution in [1.29, 1.82) is 0 Å². The number of aryl methyl sites for hydroxylation is 1. The van der Waals surface area contributed by atoms with Gasteiger partial charge in [-0.25, -0.2) is 9.59 Å². The molecule has 1 aromatic carbocycles. The van der Waals surface area contributed by atoms with Crippen LogP contribution in [0.3, 0.4) is 0 Å². The van der Waals surface area contributed by atoms with Crippen LogP contribution in [0.1, 0.15) is 53.0 Å². The topological polar surface area (TPSA) is 52.6 Å². The van der Waals surface area contributed by atoms with E-state index in [9.17, 15) is 9.59 Å². The third-order valence-electron chi connectivity index (χ3n) is 2.49. The Hall–Kier alpha value is -1.84. The minimum Gasteiger partial charge on any atom is -0.462 e. The summed E-state index contributed by atoms with van der Waals surface area (Å²) in [5.74, 6) is -0.959. The molecule has 0 atom stereocenters. The highest BCUT2D eigenvalue weighted by Gasteiger charge is 2.19. The smallest absolute Gasteiger partial charge is 0.339 e. The van der Waals surface area contributed by atoms with Crippen molar-refractivity contribution in [3.63, 3.8) is 0 Å². The lowest BCUT2D eigenvalue weighted by atomic mass is 10.0. The van der Waals surface area contributed by atoms with E-state index < -0.39 is 11.9 Å². The van der Waals surface area contributed by atoms with Gasteiger partial charge in [0, 0.05) is 0 Å². The molecule has 0 saturated heterocycles. The van der Waals surface area contributed by atoms with Crippen LogP contribution in [-0.2, 0) is 9.47 Å². The number of hydrogen-bond acceptors (Lipinski definition) is 4. The maximum Gasteiger partial charge on any atom is 0.339 e. The number of rotatable bonds is 6. The van der Waals surface area contributed by atoms with Gasteiger partial charge in [0.15, 0.2) is 0 Å². The van der Waals surface area contributed by atoms with Gasteiger partial charge in [0.25, 0.3) is 0 Å². The van der Waals surface area contributed by atoms with Gasteiger partial charge >= 0.3 is 11.9 Å². The monoisotopic (exact) mass is 264 g/mol. The lowest BCUT2D eigenvalue weighted by molar-refractivity contribution is 0.0458. The number of ether oxygens (including phenoxy) is 2. The van der Waals surface area contributed by atoms with Crippen molar-refractivity contribution in [3.8, 4) is 0 Å². The maximum atomic E-state index is 11.9. The first kappa shape index (κ1) is 15.2. The van der Waals surface area contributed by atoms with Gasteiger partial charge in [-0.1, -0.05) is 25.5 Å². The van der Waals surface area contributed by atoms with Crippen LogP contribution in [0.15, 0.2) is 18.2 Å². The van der Waals surface area contributed by atoms with E-state index in [2.05, 4.69) is 0 Å². The number of esters is 2. The average Bonchev–Trinajstić information content (AvgIpc) is 2.41. The van der Waals surface area contributed by atoms with E-state index in [1.807, 2.05) is 20.8 Å². The molecule has 1 aromatic rings. The molecule has 0 N–H and O–H groups in total. The summed E-state index contributed by atoms with van der Waals surface area (Å²) in [5.41, 5.74) is 1.44. The Kier molecular flexibility index (Phi) is 6.06. The van der Waals surface area contributed by atoms with Crippen LogP contribution in [-0.4, -0.2) is 25.2 Å². The predicted octanol–water partition coefficient (Wildman–Crippen LogP) is 3.13. The highest BCUT2D eigenvalue weighted by molar-refractivity contribution is 6.03. The zero-order valence-electron chi connectivity index (χ0n) is 11.7. The number of carbonyl (C=O) groups is 2. The third-order valence-corrected chi connectivity index (χ3v) is 2.49. The fourth-order valence-electron chi connectivity index (χ4n) is 1.55. The molecule has 0 aliphatic heterocycles. The summed E-state index contributed by atoms with van der Waals surface area (Å²) < 4.78 is 10.1. The molecule has 1 rings (SSSR count). The quantitative estimate of drug-likeness (QED) is 0.741. The second kappa shape index (κ2) is 7.56. The Labute approximate surface area is 113 Å². The van der Waals surface area contributed by atoms with Gasteiger partial charge in [0.2, 0.25) is 0 Å². The van der Waals surface area contributed by atoms with Crippen LogP contribution < -0.4 is 0 Å². The molecule has 19 heavy (non-hydrogen) atoms. The molecule has 0 aliphatic carbocycles. The summed E-state index contributed by atoms with van der Waals surface area (Å²) in [6.07, 6.45) is 1.49. The molecule has 0 aromatic heterocycles. The Balaban J connectivity index is 2.97. The van der Waals surface area contributed by atoms with Gasteiger partial charge in [0.05, 0.1) is 24.3 Å². The van der Waals surface area contributed by atoms with Gasteiger partial charge in [-0.2, -0.15) is 0 Å². The number of hydrogen-bond donors (Lipinski definition) is 0. The van der Waals surface area contributed by atoms with Gasteiger partial charge < -0.3 is 9.47 Å². The normalized spacial score (nSPS) is 10.1. The van der Waals surface area contributed by atoms with Crippen molar-refractivity contribution in [2.24, 2.45) is 0 Å². The van der Waals surface area contributed by atoms with Crippen LogP contribution in [0.25, 0.3) is 0 Å². The first-order chi connectivity index (χ1) is 9.10. The Morgan fingerprint density at radius 2 is 1.47 bits per heavy atom. The molecule has 0 heterocycles. The van der Waals surface area contributed by atoms with E-state index in [1.165, 1.54) is 0 Å². The first-order valence-electron chi connectivity index (χ1n) is 6.55. The van der Waals surface area contributed by atoms with E-state index in [0.29, 0.717) is 13.2 Å². The fourth-order valence-corrected chi connectivity index (χ4v) is 1.55. The molecule has 0 aliphatic rings.